The normalized spacial score (nSPS) is 20.9. The smallest absolute Gasteiger partial charge is 0.306 e. The number of thioether (sulfide) groups is 1. The van der Waals surface area contributed by atoms with Gasteiger partial charge in [0.25, 0.3) is 5.92 Å². The van der Waals surface area contributed by atoms with Crippen molar-refractivity contribution in [2.75, 3.05) is 19.0 Å². The van der Waals surface area contributed by atoms with E-state index in [1.165, 1.54) is 11.8 Å². The second kappa shape index (κ2) is 10.7. The van der Waals surface area contributed by atoms with Crippen LogP contribution in [0.5, 0.6) is 0 Å². The summed E-state index contributed by atoms with van der Waals surface area (Å²) in [5, 5.41) is 0.532. The van der Waals surface area contributed by atoms with Gasteiger partial charge in [-0.15, -0.1) is 0 Å². The Kier molecular flexibility index (Phi) is 7.89. The molecule has 1 saturated heterocycles. The maximum atomic E-state index is 13.8. The Morgan fingerprint density at radius 1 is 1.39 bits per heavy atom. The zero-order chi connectivity index (χ0) is 23.4. The fourth-order valence-corrected chi connectivity index (χ4v) is 4.95. The van der Waals surface area contributed by atoms with Crippen LogP contribution in [0.2, 0.25) is 0 Å². The molecule has 3 heterocycles. The van der Waals surface area contributed by atoms with Crippen molar-refractivity contribution in [2.45, 2.75) is 88.4 Å². The Labute approximate surface area is 197 Å². The number of hydrogen-bond donors (Lipinski definition) is 0. The van der Waals surface area contributed by atoms with Crippen LogP contribution in [0.25, 0.3) is 11.0 Å². The van der Waals surface area contributed by atoms with E-state index in [9.17, 15) is 13.6 Å². The van der Waals surface area contributed by atoms with Crippen molar-refractivity contribution in [3.63, 3.8) is 0 Å². The van der Waals surface area contributed by atoms with Gasteiger partial charge in [-0.05, 0) is 25.2 Å². The molecule has 0 aromatic carbocycles. The minimum Gasteiger partial charge on any atom is -0.465 e. The monoisotopic (exact) mass is 481 g/mol. The van der Waals surface area contributed by atoms with Gasteiger partial charge >= 0.3 is 5.97 Å². The fraction of sp³-hybridized carbons (Fsp3) is 0.708. The molecular formula is C24H33F2N3O3S. The molecule has 33 heavy (non-hydrogen) atoms. The summed E-state index contributed by atoms with van der Waals surface area (Å²) in [5.41, 5.74) is 2.23. The number of aromatic nitrogens is 3. The second-order valence-corrected chi connectivity index (χ2v) is 10.2. The van der Waals surface area contributed by atoms with Crippen LogP contribution < -0.4 is 0 Å². The molecule has 4 rings (SSSR count). The summed E-state index contributed by atoms with van der Waals surface area (Å²) in [6.45, 7) is 4.21. The Morgan fingerprint density at radius 2 is 2.21 bits per heavy atom. The summed E-state index contributed by atoms with van der Waals surface area (Å²) in [7, 11) is 0. The van der Waals surface area contributed by atoms with Gasteiger partial charge in [0, 0.05) is 30.0 Å². The zero-order valence-corrected chi connectivity index (χ0v) is 20.2. The molecule has 2 aliphatic rings. The molecule has 2 atom stereocenters. The number of unbranched alkanes of at least 4 members (excludes halogenated alkanes) is 1. The lowest BCUT2D eigenvalue weighted by molar-refractivity contribution is -0.144. The maximum absolute atomic E-state index is 13.8. The van der Waals surface area contributed by atoms with Crippen molar-refractivity contribution in [1.29, 1.82) is 0 Å². The van der Waals surface area contributed by atoms with Gasteiger partial charge in [-0.25, -0.2) is 18.7 Å². The first-order chi connectivity index (χ1) is 15.9. The van der Waals surface area contributed by atoms with Crippen LogP contribution in [0, 0.1) is 5.92 Å². The van der Waals surface area contributed by atoms with Gasteiger partial charge in [0.1, 0.15) is 6.61 Å². The van der Waals surface area contributed by atoms with Gasteiger partial charge in [0.2, 0.25) is 0 Å². The second-order valence-electron chi connectivity index (χ2n) is 9.17. The zero-order valence-electron chi connectivity index (χ0n) is 19.4. The molecule has 2 unspecified atom stereocenters. The first kappa shape index (κ1) is 24.4. The van der Waals surface area contributed by atoms with Crippen molar-refractivity contribution >= 4 is 28.8 Å². The van der Waals surface area contributed by atoms with Crippen molar-refractivity contribution in [2.24, 2.45) is 5.92 Å². The number of halogens is 2. The van der Waals surface area contributed by atoms with E-state index < -0.39 is 18.6 Å². The van der Waals surface area contributed by atoms with E-state index >= 15 is 0 Å². The molecule has 182 valence electrons. The number of hydrogen-bond acceptors (Lipinski definition) is 6. The predicted octanol–water partition coefficient (Wildman–Crippen LogP) is 6.10. The summed E-state index contributed by atoms with van der Waals surface area (Å²) in [4.78, 5) is 21.3. The summed E-state index contributed by atoms with van der Waals surface area (Å²) < 4.78 is 40.5. The lowest BCUT2D eigenvalue weighted by Crippen LogP contribution is -2.14. The summed E-state index contributed by atoms with van der Waals surface area (Å²) in [6.07, 6.45) is 9.50. The number of carbonyl (C=O) groups is 1. The van der Waals surface area contributed by atoms with Crippen LogP contribution in [0.15, 0.2) is 17.6 Å². The highest BCUT2D eigenvalue weighted by Crippen LogP contribution is 2.44. The number of esters is 1. The molecule has 2 aromatic rings. The number of ether oxygens (including phenoxy) is 2. The molecule has 0 radical (unpaired) electrons. The Morgan fingerprint density at radius 3 is 2.88 bits per heavy atom. The van der Waals surface area contributed by atoms with E-state index in [4.69, 9.17) is 9.47 Å². The molecule has 1 aliphatic heterocycles. The van der Waals surface area contributed by atoms with Crippen LogP contribution in [0.4, 0.5) is 8.78 Å². The summed E-state index contributed by atoms with van der Waals surface area (Å²) in [5.74, 6) is -2.09. The van der Waals surface area contributed by atoms with Crippen molar-refractivity contribution in [1.82, 2.24) is 14.5 Å². The lowest BCUT2D eigenvalue weighted by Gasteiger charge is -2.14. The number of alkyl halides is 2. The van der Waals surface area contributed by atoms with Crippen LogP contribution in [0.3, 0.4) is 0 Å². The van der Waals surface area contributed by atoms with Gasteiger partial charge in [0.05, 0.1) is 36.4 Å². The minimum atomic E-state index is -2.81. The van der Waals surface area contributed by atoms with Gasteiger partial charge in [0.15, 0.2) is 5.16 Å². The van der Waals surface area contributed by atoms with Gasteiger partial charge in [-0.3, -0.25) is 4.79 Å². The van der Waals surface area contributed by atoms with Crippen LogP contribution in [0.1, 0.15) is 82.9 Å². The molecule has 2 fully saturated rings. The molecule has 0 N–H and O–H groups in total. The molecule has 9 heteroatoms. The highest BCUT2D eigenvalue weighted by atomic mass is 32.2. The first-order valence-electron chi connectivity index (χ1n) is 12.1. The van der Waals surface area contributed by atoms with E-state index in [2.05, 4.69) is 28.4 Å². The van der Waals surface area contributed by atoms with Gasteiger partial charge in [-0.2, -0.15) is 0 Å². The van der Waals surface area contributed by atoms with E-state index in [1.807, 2.05) is 6.20 Å². The number of carbonyl (C=O) groups excluding carboxylic acids is 1. The Bertz CT molecular complexity index is 964. The molecular weight excluding hydrogens is 448 g/mol. The third kappa shape index (κ3) is 6.23. The van der Waals surface area contributed by atoms with Crippen LogP contribution in [-0.2, 0) is 14.3 Å². The predicted molar refractivity (Wildman–Crippen MR) is 124 cm³/mol. The van der Waals surface area contributed by atoms with Crippen molar-refractivity contribution < 1.29 is 23.0 Å². The molecule has 6 nitrogen and oxygen atoms in total. The lowest BCUT2D eigenvalue weighted by atomic mass is 10.0. The quantitative estimate of drug-likeness (QED) is 0.207. The average molecular weight is 482 g/mol. The van der Waals surface area contributed by atoms with E-state index in [1.54, 1.807) is 6.20 Å². The molecule has 0 bridgehead atoms. The first-order valence-corrected chi connectivity index (χ1v) is 13.0. The SMILES string of the molecule is CCCCC(CC)COC(=O)CCSc1ncc2c(n1)c(C1CC(F)(F)CO1)cn2C1CC1. The molecule has 2 aromatic heterocycles. The standard InChI is InChI=1S/C24H33F2N3O3S/c1-3-5-6-16(4-2)14-31-21(30)9-10-33-23-27-12-19-22(28-23)18(13-29(19)17-7-8-17)20-11-24(25,26)15-32-20/h12-13,16-17,20H,3-11,14-15H2,1-2H3. The van der Waals surface area contributed by atoms with Gasteiger partial charge < -0.3 is 14.0 Å². The molecule has 1 aliphatic carbocycles. The number of fused-ring (bicyclic) bond motifs is 1. The Hall–Kier alpha value is -1.74. The minimum absolute atomic E-state index is 0.208. The molecule has 0 spiro atoms. The van der Waals surface area contributed by atoms with Crippen molar-refractivity contribution in [3.05, 3.63) is 18.0 Å². The van der Waals surface area contributed by atoms with Crippen LogP contribution >= 0.6 is 11.8 Å². The highest BCUT2D eigenvalue weighted by molar-refractivity contribution is 7.99. The van der Waals surface area contributed by atoms with Gasteiger partial charge in [-0.1, -0.05) is 44.9 Å². The molecule has 0 amide bonds. The van der Waals surface area contributed by atoms with E-state index in [0.717, 1.165) is 44.0 Å². The summed E-state index contributed by atoms with van der Waals surface area (Å²) >= 11 is 1.38. The third-order valence-corrected chi connectivity index (χ3v) is 7.27. The van der Waals surface area contributed by atoms with Crippen LogP contribution in [-0.4, -0.2) is 45.4 Å². The van der Waals surface area contributed by atoms with E-state index in [-0.39, 0.29) is 18.8 Å². The Balaban J connectivity index is 1.37. The van der Waals surface area contributed by atoms with Crippen molar-refractivity contribution in [3.8, 4) is 0 Å². The maximum Gasteiger partial charge on any atom is 0.306 e. The van der Waals surface area contributed by atoms with E-state index in [0.29, 0.717) is 40.6 Å². The number of nitrogens with zero attached hydrogens (tertiary/aromatic N) is 3. The summed E-state index contributed by atoms with van der Waals surface area (Å²) in [6, 6.07) is 0.379. The highest BCUT2D eigenvalue weighted by Gasteiger charge is 2.43. The average Bonchev–Trinajstić information content (AvgIpc) is 3.48. The third-order valence-electron chi connectivity index (χ3n) is 6.40. The number of rotatable bonds is 12. The molecule has 1 saturated carbocycles. The largest absolute Gasteiger partial charge is 0.465 e. The fourth-order valence-electron chi connectivity index (χ4n) is 4.22. The topological polar surface area (TPSA) is 66.2 Å².